The van der Waals surface area contributed by atoms with Gasteiger partial charge in [-0.1, -0.05) is 26.0 Å². The Morgan fingerprint density at radius 1 is 1.41 bits per heavy atom. The SMILES string of the molecule is CC(C)CNC(=O)N[C@@H](c1cccc(F)c1)c1nccn1C. The summed E-state index contributed by atoms with van der Waals surface area (Å²) in [7, 11) is 1.84. The minimum atomic E-state index is -0.511. The summed E-state index contributed by atoms with van der Waals surface area (Å²) in [6.07, 6.45) is 3.44. The molecule has 118 valence electrons. The van der Waals surface area contributed by atoms with Crippen LogP contribution in [0.15, 0.2) is 36.7 Å². The van der Waals surface area contributed by atoms with Gasteiger partial charge in [-0.05, 0) is 23.6 Å². The summed E-state index contributed by atoms with van der Waals surface area (Å²) < 4.78 is 15.3. The van der Waals surface area contributed by atoms with E-state index in [1.807, 2.05) is 20.9 Å². The number of imidazole rings is 1. The third-order valence-corrected chi connectivity index (χ3v) is 3.24. The minimum absolute atomic E-state index is 0.300. The second kappa shape index (κ2) is 7.06. The van der Waals surface area contributed by atoms with Crippen LogP contribution in [0.1, 0.15) is 31.3 Å². The van der Waals surface area contributed by atoms with Crippen LogP contribution in [0.25, 0.3) is 0 Å². The number of hydrogen-bond acceptors (Lipinski definition) is 2. The monoisotopic (exact) mass is 304 g/mol. The Kier molecular flexibility index (Phi) is 5.14. The van der Waals surface area contributed by atoms with Crippen LogP contribution in [-0.2, 0) is 7.05 Å². The number of nitrogens with zero attached hydrogens (tertiary/aromatic N) is 2. The zero-order chi connectivity index (χ0) is 16.1. The summed E-state index contributed by atoms with van der Waals surface area (Å²) in [5, 5.41) is 5.66. The molecule has 1 aromatic heterocycles. The minimum Gasteiger partial charge on any atom is -0.338 e. The van der Waals surface area contributed by atoms with Crippen LogP contribution in [-0.4, -0.2) is 22.1 Å². The molecule has 0 aliphatic heterocycles. The average Bonchev–Trinajstić information content (AvgIpc) is 2.88. The lowest BCUT2D eigenvalue weighted by atomic mass is 10.1. The van der Waals surface area contributed by atoms with Crippen molar-refractivity contribution in [2.75, 3.05) is 6.54 Å². The lowest BCUT2D eigenvalue weighted by molar-refractivity contribution is 0.237. The van der Waals surface area contributed by atoms with E-state index in [1.165, 1.54) is 12.1 Å². The van der Waals surface area contributed by atoms with Crippen molar-refractivity contribution >= 4 is 6.03 Å². The molecule has 1 heterocycles. The van der Waals surface area contributed by atoms with Gasteiger partial charge in [0.15, 0.2) is 0 Å². The number of carbonyl (C=O) groups is 1. The van der Waals surface area contributed by atoms with Gasteiger partial charge in [0.05, 0.1) is 0 Å². The highest BCUT2D eigenvalue weighted by Crippen LogP contribution is 2.21. The molecule has 0 fully saturated rings. The number of carbonyl (C=O) groups excluding carboxylic acids is 1. The van der Waals surface area contributed by atoms with Gasteiger partial charge in [-0.2, -0.15) is 0 Å². The summed E-state index contributed by atoms with van der Waals surface area (Å²) in [6, 6.07) is 5.35. The number of nitrogens with one attached hydrogen (secondary N) is 2. The number of aromatic nitrogens is 2. The molecule has 0 radical (unpaired) electrons. The molecule has 1 aromatic carbocycles. The predicted octanol–water partition coefficient (Wildman–Crippen LogP) is 2.60. The molecule has 2 rings (SSSR count). The third kappa shape index (κ3) is 4.07. The van der Waals surface area contributed by atoms with Gasteiger partial charge in [-0.15, -0.1) is 0 Å². The first-order valence-electron chi connectivity index (χ1n) is 7.24. The Labute approximate surface area is 129 Å². The highest BCUT2D eigenvalue weighted by Gasteiger charge is 2.21. The Morgan fingerprint density at radius 3 is 2.77 bits per heavy atom. The molecule has 22 heavy (non-hydrogen) atoms. The van der Waals surface area contributed by atoms with Crippen molar-refractivity contribution in [1.82, 2.24) is 20.2 Å². The molecule has 0 bridgehead atoms. The summed E-state index contributed by atoms with van der Waals surface area (Å²) in [6.45, 7) is 4.61. The smallest absolute Gasteiger partial charge is 0.315 e. The van der Waals surface area contributed by atoms with E-state index in [0.717, 1.165) is 0 Å². The molecule has 0 aliphatic rings. The first-order valence-corrected chi connectivity index (χ1v) is 7.24. The highest BCUT2D eigenvalue weighted by atomic mass is 19.1. The van der Waals surface area contributed by atoms with E-state index in [1.54, 1.807) is 29.1 Å². The Bertz CT molecular complexity index is 639. The van der Waals surface area contributed by atoms with E-state index < -0.39 is 6.04 Å². The second-order valence-corrected chi connectivity index (χ2v) is 5.63. The third-order valence-electron chi connectivity index (χ3n) is 3.24. The van der Waals surface area contributed by atoms with Gasteiger partial charge >= 0.3 is 6.03 Å². The normalized spacial score (nSPS) is 12.2. The molecule has 5 nitrogen and oxygen atoms in total. The lowest BCUT2D eigenvalue weighted by Crippen LogP contribution is -2.40. The standard InChI is InChI=1S/C16H21FN4O/c1-11(2)10-19-16(22)20-14(15-18-7-8-21(15)3)12-5-4-6-13(17)9-12/h4-9,11,14H,10H2,1-3H3,(H2,19,20,22)/t14-/m0/s1. The topological polar surface area (TPSA) is 59.0 Å². The Balaban J connectivity index is 2.23. The number of benzene rings is 1. The molecule has 0 spiro atoms. The van der Waals surface area contributed by atoms with Crippen molar-refractivity contribution in [2.45, 2.75) is 19.9 Å². The molecular formula is C16H21FN4O. The van der Waals surface area contributed by atoms with Crippen molar-refractivity contribution in [3.63, 3.8) is 0 Å². The molecule has 2 N–H and O–H groups in total. The summed E-state index contributed by atoms with van der Waals surface area (Å²) in [5.41, 5.74) is 0.647. The van der Waals surface area contributed by atoms with E-state index in [4.69, 9.17) is 0 Å². The van der Waals surface area contributed by atoms with Gasteiger partial charge in [0.25, 0.3) is 0 Å². The fourth-order valence-electron chi connectivity index (χ4n) is 2.12. The first kappa shape index (κ1) is 16.0. The van der Waals surface area contributed by atoms with Gasteiger partial charge in [0.2, 0.25) is 0 Å². The molecule has 0 unspecified atom stereocenters. The van der Waals surface area contributed by atoms with Crippen LogP contribution < -0.4 is 10.6 Å². The van der Waals surface area contributed by atoms with Crippen LogP contribution in [0.5, 0.6) is 0 Å². The van der Waals surface area contributed by atoms with Crippen LogP contribution >= 0.6 is 0 Å². The van der Waals surface area contributed by atoms with Crippen LogP contribution in [0.2, 0.25) is 0 Å². The number of hydrogen-bond donors (Lipinski definition) is 2. The molecular weight excluding hydrogens is 283 g/mol. The average molecular weight is 304 g/mol. The van der Waals surface area contributed by atoms with Crippen molar-refractivity contribution in [3.05, 3.63) is 53.9 Å². The second-order valence-electron chi connectivity index (χ2n) is 5.63. The molecule has 2 amide bonds. The van der Waals surface area contributed by atoms with Gasteiger partial charge in [0.1, 0.15) is 17.7 Å². The van der Waals surface area contributed by atoms with Gasteiger partial charge in [-0.3, -0.25) is 0 Å². The van der Waals surface area contributed by atoms with Crippen molar-refractivity contribution in [3.8, 4) is 0 Å². The largest absolute Gasteiger partial charge is 0.338 e. The molecule has 0 saturated heterocycles. The Morgan fingerprint density at radius 2 is 2.18 bits per heavy atom. The number of urea groups is 1. The van der Waals surface area contributed by atoms with E-state index in [0.29, 0.717) is 23.9 Å². The Hall–Kier alpha value is -2.37. The van der Waals surface area contributed by atoms with E-state index in [9.17, 15) is 9.18 Å². The summed E-state index contributed by atoms with van der Waals surface area (Å²) in [5.74, 6) is 0.651. The van der Waals surface area contributed by atoms with Crippen LogP contribution in [0.3, 0.4) is 0 Å². The van der Waals surface area contributed by atoms with Crippen molar-refractivity contribution in [2.24, 2.45) is 13.0 Å². The van der Waals surface area contributed by atoms with Gasteiger partial charge in [0, 0.05) is 26.0 Å². The van der Waals surface area contributed by atoms with Crippen molar-refractivity contribution < 1.29 is 9.18 Å². The van der Waals surface area contributed by atoms with E-state index in [2.05, 4.69) is 15.6 Å². The summed E-state index contributed by atoms with van der Waals surface area (Å²) in [4.78, 5) is 16.3. The fourth-order valence-corrected chi connectivity index (χ4v) is 2.12. The molecule has 0 saturated carbocycles. The van der Waals surface area contributed by atoms with Crippen molar-refractivity contribution in [1.29, 1.82) is 0 Å². The number of aryl methyl sites for hydroxylation is 1. The predicted molar refractivity (Wildman–Crippen MR) is 82.8 cm³/mol. The molecule has 2 aromatic rings. The zero-order valence-electron chi connectivity index (χ0n) is 13.0. The molecule has 1 atom stereocenters. The fraction of sp³-hybridized carbons (Fsp3) is 0.375. The first-order chi connectivity index (χ1) is 10.5. The maximum Gasteiger partial charge on any atom is 0.315 e. The quantitative estimate of drug-likeness (QED) is 0.892. The zero-order valence-corrected chi connectivity index (χ0v) is 13.0. The lowest BCUT2D eigenvalue weighted by Gasteiger charge is -2.20. The summed E-state index contributed by atoms with van der Waals surface area (Å²) >= 11 is 0. The van der Waals surface area contributed by atoms with Gasteiger partial charge in [-0.25, -0.2) is 14.2 Å². The van der Waals surface area contributed by atoms with Gasteiger partial charge < -0.3 is 15.2 Å². The molecule has 0 aliphatic carbocycles. The number of rotatable bonds is 5. The van der Waals surface area contributed by atoms with Crippen LogP contribution in [0, 0.1) is 11.7 Å². The number of halogens is 1. The highest BCUT2D eigenvalue weighted by molar-refractivity contribution is 5.74. The number of amides is 2. The van der Waals surface area contributed by atoms with E-state index >= 15 is 0 Å². The maximum absolute atomic E-state index is 13.5. The van der Waals surface area contributed by atoms with E-state index in [-0.39, 0.29) is 11.8 Å². The molecule has 6 heteroatoms. The maximum atomic E-state index is 13.5. The van der Waals surface area contributed by atoms with Crippen LogP contribution in [0.4, 0.5) is 9.18 Å².